The van der Waals surface area contributed by atoms with Crippen LogP contribution >= 0.6 is 0 Å². The van der Waals surface area contributed by atoms with Crippen molar-refractivity contribution in [2.75, 3.05) is 13.2 Å². The second kappa shape index (κ2) is 53.0. The highest BCUT2D eigenvalue weighted by atomic mass is 16.6. The molecule has 372 valence electrons. The molecule has 0 amide bonds. The fraction of sp³-hybridized carbons (Fsp3) is 0.810. The quantitative estimate of drug-likeness (QED) is 0.0262. The smallest absolute Gasteiger partial charge is 0.306 e. The van der Waals surface area contributed by atoms with Gasteiger partial charge in [0.25, 0.3) is 0 Å². The lowest BCUT2D eigenvalue weighted by Gasteiger charge is -2.18. The second-order valence-corrected chi connectivity index (χ2v) is 18.5. The highest BCUT2D eigenvalue weighted by molar-refractivity contribution is 5.71. The zero-order valence-electron chi connectivity index (χ0n) is 42.6. The molecule has 0 N–H and O–H groups in total. The number of carbonyl (C=O) groups excluding carboxylic acids is 3. The predicted molar refractivity (Wildman–Crippen MR) is 275 cm³/mol. The molecule has 1 unspecified atom stereocenters. The van der Waals surface area contributed by atoms with E-state index in [1.165, 1.54) is 148 Å². The summed E-state index contributed by atoms with van der Waals surface area (Å²) in [6.07, 6.45) is 63.8. The molecular weight excluding hydrogens is 793 g/mol. The zero-order valence-corrected chi connectivity index (χ0v) is 42.6. The van der Waals surface area contributed by atoms with E-state index in [9.17, 15) is 14.4 Å². The van der Waals surface area contributed by atoms with Crippen LogP contribution in [0, 0.1) is 0 Å². The molecule has 0 radical (unpaired) electrons. The van der Waals surface area contributed by atoms with Gasteiger partial charge < -0.3 is 14.2 Å². The molecule has 0 heterocycles. The molecule has 0 aromatic heterocycles. The Hall–Kier alpha value is -2.63. The summed E-state index contributed by atoms with van der Waals surface area (Å²) in [5.41, 5.74) is 0. The van der Waals surface area contributed by atoms with Crippen molar-refractivity contribution in [1.29, 1.82) is 0 Å². The van der Waals surface area contributed by atoms with Gasteiger partial charge in [-0.3, -0.25) is 14.4 Å². The lowest BCUT2D eigenvalue weighted by Crippen LogP contribution is -2.30. The highest BCUT2D eigenvalue weighted by Crippen LogP contribution is 2.15. The van der Waals surface area contributed by atoms with E-state index >= 15 is 0 Å². The lowest BCUT2D eigenvalue weighted by atomic mass is 10.1. The molecule has 64 heavy (non-hydrogen) atoms. The first-order valence-corrected chi connectivity index (χ1v) is 27.6. The third-order valence-electron chi connectivity index (χ3n) is 12.0. The maximum absolute atomic E-state index is 12.8. The molecule has 1 atom stereocenters. The molecule has 0 aliphatic rings. The first-order valence-electron chi connectivity index (χ1n) is 27.6. The molecule has 0 saturated heterocycles. The van der Waals surface area contributed by atoms with Crippen LogP contribution in [0.1, 0.15) is 284 Å². The van der Waals surface area contributed by atoms with Gasteiger partial charge in [0.05, 0.1) is 0 Å². The van der Waals surface area contributed by atoms with Gasteiger partial charge in [0.15, 0.2) is 6.10 Å². The number of carbonyl (C=O) groups is 3. The number of rotatable bonds is 50. The van der Waals surface area contributed by atoms with Crippen molar-refractivity contribution >= 4 is 17.9 Å². The molecule has 0 rings (SSSR count). The summed E-state index contributed by atoms with van der Waals surface area (Å²) in [6, 6.07) is 0. The molecule has 0 aliphatic carbocycles. The Balaban J connectivity index is 4.38. The van der Waals surface area contributed by atoms with E-state index in [4.69, 9.17) is 14.2 Å². The molecule has 0 fully saturated rings. The number of allylic oxidation sites excluding steroid dienone is 8. The van der Waals surface area contributed by atoms with E-state index in [0.717, 1.165) is 96.3 Å². The van der Waals surface area contributed by atoms with Crippen LogP contribution < -0.4 is 0 Å². The minimum Gasteiger partial charge on any atom is -0.462 e. The fourth-order valence-corrected chi connectivity index (χ4v) is 7.82. The summed E-state index contributed by atoms with van der Waals surface area (Å²) in [5.74, 6) is -0.900. The van der Waals surface area contributed by atoms with Gasteiger partial charge in [-0.1, -0.05) is 217 Å². The first kappa shape index (κ1) is 61.4. The third-order valence-corrected chi connectivity index (χ3v) is 12.0. The van der Waals surface area contributed by atoms with Gasteiger partial charge in [0.1, 0.15) is 13.2 Å². The van der Waals surface area contributed by atoms with Crippen molar-refractivity contribution in [3.8, 4) is 0 Å². The molecule has 0 aromatic carbocycles. The van der Waals surface area contributed by atoms with Crippen LogP contribution in [0.3, 0.4) is 0 Å². The average molecular weight is 897 g/mol. The molecule has 0 aromatic rings. The summed E-state index contributed by atoms with van der Waals surface area (Å²) in [4.78, 5) is 38.1. The topological polar surface area (TPSA) is 78.9 Å². The van der Waals surface area contributed by atoms with Crippen molar-refractivity contribution in [1.82, 2.24) is 0 Å². The molecule has 6 heteroatoms. The Morgan fingerprint density at radius 2 is 0.594 bits per heavy atom. The Kier molecular flexibility index (Phi) is 50.8. The van der Waals surface area contributed by atoms with Gasteiger partial charge in [0, 0.05) is 19.3 Å². The highest BCUT2D eigenvalue weighted by Gasteiger charge is 2.19. The van der Waals surface area contributed by atoms with Crippen LogP contribution in [0.25, 0.3) is 0 Å². The Bertz CT molecular complexity index is 1120. The lowest BCUT2D eigenvalue weighted by molar-refractivity contribution is -0.167. The SMILES string of the molecule is CCC/C=C\C/C=C\CCCCCCCC(=O)OCC(COC(=O)CCCCCCCCC/C=C\CCCCCCCC)OC(=O)CCCCCCC/C=C\CCCCCCCCC. The van der Waals surface area contributed by atoms with Crippen LogP contribution in [0.15, 0.2) is 48.6 Å². The van der Waals surface area contributed by atoms with Crippen LogP contribution in [0.2, 0.25) is 0 Å². The average Bonchev–Trinajstić information content (AvgIpc) is 3.29. The van der Waals surface area contributed by atoms with E-state index in [0.29, 0.717) is 19.3 Å². The Morgan fingerprint density at radius 1 is 0.312 bits per heavy atom. The maximum Gasteiger partial charge on any atom is 0.306 e. The van der Waals surface area contributed by atoms with Crippen molar-refractivity contribution in [2.45, 2.75) is 290 Å². The van der Waals surface area contributed by atoms with Crippen LogP contribution in [0.4, 0.5) is 0 Å². The second-order valence-electron chi connectivity index (χ2n) is 18.5. The number of hydrogen-bond donors (Lipinski definition) is 0. The summed E-state index contributed by atoms with van der Waals surface area (Å²) in [6.45, 7) is 6.57. The number of unbranched alkanes of at least 4 members (excludes halogenated alkanes) is 31. The summed E-state index contributed by atoms with van der Waals surface area (Å²) in [7, 11) is 0. The Labute approximate surface area is 397 Å². The van der Waals surface area contributed by atoms with E-state index in [1.807, 2.05) is 0 Å². The zero-order chi connectivity index (χ0) is 46.5. The summed E-state index contributed by atoms with van der Waals surface area (Å²) in [5, 5.41) is 0. The molecule has 0 aliphatic heterocycles. The molecule has 0 bridgehead atoms. The standard InChI is InChI=1S/C58H104O6/c1-4-7-10-13-16-19-22-25-27-29-31-33-36-39-42-45-48-51-57(60)63-54-55(53-62-56(59)50-47-44-41-38-35-32-24-21-18-15-12-9-6-3)64-58(61)52-49-46-43-40-37-34-30-28-26-23-20-17-14-11-8-5-2/h12,15,21,24-25,27-28,30,55H,4-11,13-14,16-20,22-23,26,29,31-54H2,1-3H3/b15-12-,24-21-,27-25-,30-28-. The summed E-state index contributed by atoms with van der Waals surface area (Å²) < 4.78 is 16.8. The van der Waals surface area contributed by atoms with Crippen LogP contribution in [-0.2, 0) is 28.6 Å². The van der Waals surface area contributed by atoms with E-state index in [2.05, 4.69) is 69.4 Å². The minimum atomic E-state index is -0.783. The third kappa shape index (κ3) is 50.4. The number of esters is 3. The van der Waals surface area contributed by atoms with E-state index in [1.54, 1.807) is 0 Å². The molecule has 0 spiro atoms. The van der Waals surface area contributed by atoms with Gasteiger partial charge in [-0.05, 0) is 96.3 Å². The first-order chi connectivity index (χ1) is 31.5. The molecular formula is C58H104O6. The van der Waals surface area contributed by atoms with Gasteiger partial charge >= 0.3 is 17.9 Å². The van der Waals surface area contributed by atoms with Gasteiger partial charge in [-0.15, -0.1) is 0 Å². The van der Waals surface area contributed by atoms with Crippen LogP contribution in [0.5, 0.6) is 0 Å². The van der Waals surface area contributed by atoms with Gasteiger partial charge in [0.2, 0.25) is 0 Å². The van der Waals surface area contributed by atoms with Crippen molar-refractivity contribution < 1.29 is 28.6 Å². The number of ether oxygens (including phenoxy) is 3. The largest absolute Gasteiger partial charge is 0.462 e. The Morgan fingerprint density at radius 3 is 0.938 bits per heavy atom. The van der Waals surface area contributed by atoms with Crippen molar-refractivity contribution in [3.63, 3.8) is 0 Å². The van der Waals surface area contributed by atoms with Gasteiger partial charge in [-0.25, -0.2) is 0 Å². The van der Waals surface area contributed by atoms with Gasteiger partial charge in [-0.2, -0.15) is 0 Å². The molecule has 0 saturated carbocycles. The summed E-state index contributed by atoms with van der Waals surface area (Å²) >= 11 is 0. The molecule has 6 nitrogen and oxygen atoms in total. The predicted octanol–water partition coefficient (Wildman–Crippen LogP) is 18.3. The number of hydrogen-bond acceptors (Lipinski definition) is 6. The maximum atomic E-state index is 12.8. The van der Waals surface area contributed by atoms with Crippen molar-refractivity contribution in [3.05, 3.63) is 48.6 Å². The van der Waals surface area contributed by atoms with E-state index in [-0.39, 0.29) is 31.1 Å². The minimum absolute atomic E-state index is 0.0821. The van der Waals surface area contributed by atoms with E-state index < -0.39 is 6.10 Å². The van der Waals surface area contributed by atoms with Crippen LogP contribution in [-0.4, -0.2) is 37.2 Å². The monoisotopic (exact) mass is 897 g/mol. The normalized spacial score (nSPS) is 12.4. The van der Waals surface area contributed by atoms with Crippen molar-refractivity contribution in [2.24, 2.45) is 0 Å². The fourth-order valence-electron chi connectivity index (χ4n) is 7.82.